The number of hydrogen-bond donors (Lipinski definition) is 2. The van der Waals surface area contributed by atoms with E-state index in [1.807, 2.05) is 6.07 Å². The number of nitrogens with zero attached hydrogens (tertiary/aromatic N) is 1. The summed E-state index contributed by atoms with van der Waals surface area (Å²) >= 11 is 0. The summed E-state index contributed by atoms with van der Waals surface area (Å²) in [6.07, 6.45) is 5.87. The molecule has 2 aliphatic rings. The molecule has 2 N–H and O–H groups in total. The molecule has 146 valence electrons. The highest BCUT2D eigenvalue weighted by Crippen LogP contribution is 2.50. The van der Waals surface area contributed by atoms with Crippen molar-refractivity contribution in [2.45, 2.75) is 18.4 Å². The van der Waals surface area contributed by atoms with Crippen LogP contribution in [0.3, 0.4) is 0 Å². The van der Waals surface area contributed by atoms with E-state index >= 15 is 0 Å². The number of anilines is 4. The Bertz CT molecular complexity index is 1020. The minimum atomic E-state index is 0.339. The molecule has 0 fully saturated rings. The number of nitrogens with one attached hydrogen (secondary N) is 2. The molecule has 3 aromatic rings. The van der Waals surface area contributed by atoms with Gasteiger partial charge in [-0.3, -0.25) is 0 Å². The molecule has 0 radical (unpaired) electrons. The van der Waals surface area contributed by atoms with Gasteiger partial charge < -0.3 is 15.5 Å². The number of allylic oxidation sites excluding steroid dienone is 2. The van der Waals surface area contributed by atoms with Crippen LogP contribution in [0.1, 0.15) is 29.5 Å². The van der Waals surface area contributed by atoms with Crippen molar-refractivity contribution >= 4 is 22.7 Å². The van der Waals surface area contributed by atoms with Crippen LogP contribution in [-0.2, 0) is 0 Å². The molecular formula is C26H27N3. The van der Waals surface area contributed by atoms with Crippen molar-refractivity contribution in [3.8, 4) is 0 Å². The lowest BCUT2D eigenvalue weighted by Gasteiger charge is -2.38. The van der Waals surface area contributed by atoms with Crippen molar-refractivity contribution in [1.82, 2.24) is 0 Å². The second-order valence-electron chi connectivity index (χ2n) is 8.25. The molecule has 5 rings (SSSR count). The molecule has 0 saturated heterocycles. The van der Waals surface area contributed by atoms with Crippen LogP contribution in [0.15, 0.2) is 84.9 Å². The van der Waals surface area contributed by atoms with E-state index in [9.17, 15) is 0 Å². The molecule has 29 heavy (non-hydrogen) atoms. The highest BCUT2D eigenvalue weighted by Gasteiger charge is 2.37. The molecule has 1 aliphatic carbocycles. The van der Waals surface area contributed by atoms with Crippen molar-refractivity contribution in [3.63, 3.8) is 0 Å². The van der Waals surface area contributed by atoms with Crippen LogP contribution in [0, 0.1) is 5.92 Å². The van der Waals surface area contributed by atoms with Gasteiger partial charge in [0, 0.05) is 42.8 Å². The fourth-order valence-corrected chi connectivity index (χ4v) is 4.67. The predicted molar refractivity (Wildman–Crippen MR) is 123 cm³/mol. The Kier molecular flexibility index (Phi) is 4.51. The SMILES string of the molecule is CN(C)c1ccc(C2Nc3ccc(Nc4ccccc4)cc3C3C=CCC32)cc1. The molecule has 0 aromatic heterocycles. The van der Waals surface area contributed by atoms with Crippen LogP contribution in [0.4, 0.5) is 22.7 Å². The maximum Gasteiger partial charge on any atom is 0.0553 e. The topological polar surface area (TPSA) is 27.3 Å². The van der Waals surface area contributed by atoms with E-state index in [4.69, 9.17) is 0 Å². The number of para-hydroxylation sites is 1. The van der Waals surface area contributed by atoms with Crippen molar-refractivity contribution in [2.75, 3.05) is 29.6 Å². The minimum Gasteiger partial charge on any atom is -0.378 e. The third-order valence-electron chi connectivity index (χ3n) is 6.19. The van der Waals surface area contributed by atoms with E-state index in [-0.39, 0.29) is 0 Å². The molecule has 0 saturated carbocycles. The summed E-state index contributed by atoms with van der Waals surface area (Å²) in [4.78, 5) is 2.15. The number of fused-ring (bicyclic) bond motifs is 3. The Morgan fingerprint density at radius 2 is 1.69 bits per heavy atom. The third-order valence-corrected chi connectivity index (χ3v) is 6.19. The van der Waals surface area contributed by atoms with Gasteiger partial charge in [-0.2, -0.15) is 0 Å². The van der Waals surface area contributed by atoms with Crippen LogP contribution in [0.25, 0.3) is 0 Å². The average molecular weight is 382 g/mol. The normalized spacial score (nSPS) is 21.8. The summed E-state index contributed by atoms with van der Waals surface area (Å²) in [6.45, 7) is 0. The van der Waals surface area contributed by atoms with Crippen molar-refractivity contribution in [3.05, 3.63) is 96.1 Å². The van der Waals surface area contributed by atoms with Gasteiger partial charge in [0.1, 0.15) is 0 Å². The molecule has 0 spiro atoms. The van der Waals surface area contributed by atoms with Gasteiger partial charge in [0.15, 0.2) is 0 Å². The molecule has 3 unspecified atom stereocenters. The first-order valence-corrected chi connectivity index (χ1v) is 10.4. The Morgan fingerprint density at radius 3 is 2.45 bits per heavy atom. The lowest BCUT2D eigenvalue weighted by Crippen LogP contribution is -2.29. The summed E-state index contributed by atoms with van der Waals surface area (Å²) in [6, 6.07) is 26.4. The molecule has 0 amide bonds. The molecule has 0 bridgehead atoms. The predicted octanol–water partition coefficient (Wildman–Crippen LogP) is 6.32. The maximum atomic E-state index is 3.84. The first kappa shape index (κ1) is 17.9. The van der Waals surface area contributed by atoms with Gasteiger partial charge in [-0.05, 0) is 65.9 Å². The van der Waals surface area contributed by atoms with Crippen molar-refractivity contribution in [2.24, 2.45) is 5.92 Å². The molecule has 3 atom stereocenters. The molecule has 3 aromatic carbocycles. The quantitative estimate of drug-likeness (QED) is 0.518. The van der Waals surface area contributed by atoms with Gasteiger partial charge in [-0.1, -0.05) is 42.5 Å². The Morgan fingerprint density at radius 1 is 0.897 bits per heavy atom. The van der Waals surface area contributed by atoms with Gasteiger partial charge in [0.2, 0.25) is 0 Å². The Balaban J connectivity index is 1.45. The monoisotopic (exact) mass is 381 g/mol. The van der Waals surface area contributed by atoms with Crippen LogP contribution in [0.2, 0.25) is 0 Å². The second-order valence-corrected chi connectivity index (χ2v) is 8.25. The third kappa shape index (κ3) is 3.38. The second kappa shape index (κ2) is 7.32. The Labute approximate surface area is 173 Å². The van der Waals surface area contributed by atoms with Gasteiger partial charge in [-0.15, -0.1) is 0 Å². The van der Waals surface area contributed by atoms with Crippen LogP contribution >= 0.6 is 0 Å². The molecule has 1 aliphatic heterocycles. The summed E-state index contributed by atoms with van der Waals surface area (Å²) < 4.78 is 0. The Hall–Kier alpha value is -3.20. The fraction of sp³-hybridized carbons (Fsp3) is 0.231. The lowest BCUT2D eigenvalue weighted by atomic mass is 9.77. The summed E-state index contributed by atoms with van der Waals surface area (Å²) in [7, 11) is 4.17. The average Bonchev–Trinajstić information content (AvgIpc) is 3.24. The van der Waals surface area contributed by atoms with E-state index in [0.717, 1.165) is 17.8 Å². The van der Waals surface area contributed by atoms with E-state index in [1.54, 1.807) is 0 Å². The zero-order valence-electron chi connectivity index (χ0n) is 17.0. The standard InChI is InChI=1S/C26H27N3/c1-29(2)21-14-11-18(12-15-21)26-23-10-6-9-22(23)24-17-20(13-16-25(24)28-26)27-19-7-4-3-5-8-19/h3-9,11-17,22-23,26-28H,10H2,1-2H3. The highest BCUT2D eigenvalue weighted by molar-refractivity contribution is 5.69. The van der Waals surface area contributed by atoms with Gasteiger partial charge in [-0.25, -0.2) is 0 Å². The lowest BCUT2D eigenvalue weighted by molar-refractivity contribution is 0.426. The molecule has 3 heteroatoms. The van der Waals surface area contributed by atoms with Crippen molar-refractivity contribution < 1.29 is 0 Å². The minimum absolute atomic E-state index is 0.339. The van der Waals surface area contributed by atoms with Crippen LogP contribution in [0.5, 0.6) is 0 Å². The van der Waals surface area contributed by atoms with E-state index < -0.39 is 0 Å². The summed E-state index contributed by atoms with van der Waals surface area (Å²) in [5, 5.41) is 7.38. The largest absolute Gasteiger partial charge is 0.378 e. The van der Waals surface area contributed by atoms with E-state index in [0.29, 0.717) is 17.9 Å². The first-order chi connectivity index (χ1) is 14.2. The summed E-state index contributed by atoms with van der Waals surface area (Å²) in [5.41, 5.74) is 7.51. The number of benzene rings is 3. The van der Waals surface area contributed by atoms with E-state index in [2.05, 4.69) is 109 Å². The summed E-state index contributed by atoms with van der Waals surface area (Å²) in [5.74, 6) is 1.02. The molecular weight excluding hydrogens is 354 g/mol. The zero-order valence-corrected chi connectivity index (χ0v) is 17.0. The number of rotatable bonds is 4. The van der Waals surface area contributed by atoms with Gasteiger partial charge >= 0.3 is 0 Å². The van der Waals surface area contributed by atoms with Crippen molar-refractivity contribution in [1.29, 1.82) is 0 Å². The first-order valence-electron chi connectivity index (χ1n) is 10.4. The smallest absolute Gasteiger partial charge is 0.0553 e. The fourth-order valence-electron chi connectivity index (χ4n) is 4.67. The molecule has 1 heterocycles. The van der Waals surface area contributed by atoms with Gasteiger partial charge in [0.25, 0.3) is 0 Å². The van der Waals surface area contributed by atoms with Crippen LogP contribution < -0.4 is 15.5 Å². The zero-order chi connectivity index (χ0) is 19.8. The maximum absolute atomic E-state index is 3.84. The van der Waals surface area contributed by atoms with E-state index in [1.165, 1.54) is 22.5 Å². The highest BCUT2D eigenvalue weighted by atomic mass is 15.1. The molecule has 3 nitrogen and oxygen atoms in total. The van der Waals surface area contributed by atoms with Crippen LogP contribution in [-0.4, -0.2) is 14.1 Å². The van der Waals surface area contributed by atoms with Gasteiger partial charge in [0.05, 0.1) is 6.04 Å². The number of hydrogen-bond acceptors (Lipinski definition) is 3.